The molecule has 0 spiro atoms. The van der Waals surface area contributed by atoms with Gasteiger partial charge in [-0.1, -0.05) is 32.8 Å². The summed E-state index contributed by atoms with van der Waals surface area (Å²) < 4.78 is 5.38. The predicted molar refractivity (Wildman–Crippen MR) is 66.1 cm³/mol. The van der Waals surface area contributed by atoms with Crippen LogP contribution in [0.3, 0.4) is 0 Å². The third-order valence-corrected chi connectivity index (χ3v) is 3.77. The average Bonchev–Trinajstić information content (AvgIpc) is 2.28. The zero-order chi connectivity index (χ0) is 12.1. The van der Waals surface area contributed by atoms with Gasteiger partial charge in [0.15, 0.2) is 0 Å². The molecule has 0 bridgehead atoms. The minimum Gasteiger partial charge on any atom is -0.459 e. The molecule has 2 nitrogen and oxygen atoms in total. The van der Waals surface area contributed by atoms with E-state index in [9.17, 15) is 4.79 Å². The quantitative estimate of drug-likeness (QED) is 0.537. The molecule has 0 saturated heterocycles. The van der Waals surface area contributed by atoms with Crippen molar-refractivity contribution in [3.8, 4) is 0 Å². The molecule has 0 heterocycles. The molecule has 92 valence electrons. The zero-order valence-corrected chi connectivity index (χ0v) is 10.8. The molecule has 2 heteroatoms. The van der Waals surface area contributed by atoms with Crippen LogP contribution in [0.4, 0.5) is 0 Å². The topological polar surface area (TPSA) is 26.3 Å². The molecular weight excluding hydrogens is 200 g/mol. The summed E-state index contributed by atoms with van der Waals surface area (Å²) in [6.45, 7) is 9.57. The minimum atomic E-state index is -0.245. The summed E-state index contributed by atoms with van der Waals surface area (Å²) in [4.78, 5) is 11.4. The van der Waals surface area contributed by atoms with E-state index in [1.165, 1.54) is 32.1 Å². The van der Waals surface area contributed by atoms with Gasteiger partial charge in [-0.25, -0.2) is 4.79 Å². The second kappa shape index (κ2) is 6.07. The lowest BCUT2D eigenvalue weighted by atomic mass is 9.79. The molecule has 0 N–H and O–H groups in total. The van der Waals surface area contributed by atoms with Gasteiger partial charge in [-0.05, 0) is 38.5 Å². The highest BCUT2D eigenvalue weighted by atomic mass is 16.5. The molecule has 1 fully saturated rings. The van der Waals surface area contributed by atoms with Gasteiger partial charge >= 0.3 is 5.97 Å². The van der Waals surface area contributed by atoms with E-state index in [0.29, 0.717) is 11.5 Å². The molecule has 1 aliphatic rings. The lowest BCUT2D eigenvalue weighted by Crippen LogP contribution is -2.28. The van der Waals surface area contributed by atoms with Crippen LogP contribution in [0.15, 0.2) is 12.2 Å². The van der Waals surface area contributed by atoms with Crippen molar-refractivity contribution in [1.82, 2.24) is 0 Å². The normalized spacial score (nSPS) is 27.2. The van der Waals surface area contributed by atoms with Gasteiger partial charge in [0, 0.05) is 5.57 Å². The van der Waals surface area contributed by atoms with Crippen LogP contribution in [0.2, 0.25) is 0 Å². The maximum Gasteiger partial charge on any atom is 0.333 e. The van der Waals surface area contributed by atoms with Gasteiger partial charge in [-0.15, -0.1) is 0 Å². The fraction of sp³-hybridized carbons (Fsp3) is 0.786. The number of carbonyl (C=O) groups excluding carboxylic acids is 1. The Labute approximate surface area is 99.1 Å². The molecule has 0 aliphatic heterocycles. The van der Waals surface area contributed by atoms with Gasteiger partial charge in [-0.2, -0.15) is 0 Å². The second-order valence-corrected chi connectivity index (χ2v) is 5.08. The van der Waals surface area contributed by atoms with Crippen molar-refractivity contribution in [3.05, 3.63) is 12.2 Å². The van der Waals surface area contributed by atoms with Crippen molar-refractivity contribution in [1.29, 1.82) is 0 Å². The highest BCUT2D eigenvalue weighted by Crippen LogP contribution is 2.33. The maximum atomic E-state index is 11.4. The molecule has 0 radical (unpaired) electrons. The summed E-state index contributed by atoms with van der Waals surface area (Å²) in [6, 6.07) is 0. The third-order valence-electron chi connectivity index (χ3n) is 3.77. The summed E-state index contributed by atoms with van der Waals surface area (Å²) in [5, 5.41) is 0. The van der Waals surface area contributed by atoms with Crippen LogP contribution in [0.25, 0.3) is 0 Å². The Morgan fingerprint density at radius 1 is 1.38 bits per heavy atom. The molecule has 0 aromatic heterocycles. The molecule has 0 amide bonds. The van der Waals surface area contributed by atoms with E-state index in [0.717, 1.165) is 5.92 Å². The van der Waals surface area contributed by atoms with Gasteiger partial charge in [0.1, 0.15) is 6.10 Å². The van der Waals surface area contributed by atoms with E-state index in [4.69, 9.17) is 4.74 Å². The van der Waals surface area contributed by atoms with Crippen LogP contribution in [-0.2, 0) is 9.53 Å². The Morgan fingerprint density at radius 2 is 1.94 bits per heavy atom. The third kappa shape index (κ3) is 3.66. The van der Waals surface area contributed by atoms with Crippen molar-refractivity contribution in [3.63, 3.8) is 0 Å². The number of hydrogen-bond donors (Lipinski definition) is 0. The smallest absolute Gasteiger partial charge is 0.333 e. The van der Waals surface area contributed by atoms with Gasteiger partial charge in [0.25, 0.3) is 0 Å². The van der Waals surface area contributed by atoms with Crippen molar-refractivity contribution in [2.45, 2.75) is 59.0 Å². The Morgan fingerprint density at radius 3 is 2.38 bits per heavy atom. The van der Waals surface area contributed by atoms with Crippen LogP contribution in [-0.4, -0.2) is 12.1 Å². The number of ether oxygens (including phenoxy) is 1. The van der Waals surface area contributed by atoms with Gasteiger partial charge in [0.2, 0.25) is 0 Å². The van der Waals surface area contributed by atoms with E-state index in [2.05, 4.69) is 13.5 Å². The fourth-order valence-corrected chi connectivity index (χ4v) is 2.43. The van der Waals surface area contributed by atoms with E-state index < -0.39 is 0 Å². The first kappa shape index (κ1) is 13.3. The average molecular weight is 224 g/mol. The van der Waals surface area contributed by atoms with Crippen molar-refractivity contribution in [2.75, 3.05) is 0 Å². The summed E-state index contributed by atoms with van der Waals surface area (Å²) in [7, 11) is 0. The summed E-state index contributed by atoms with van der Waals surface area (Å²) in [6.07, 6.45) is 6.30. The van der Waals surface area contributed by atoms with E-state index >= 15 is 0 Å². The Balaban J connectivity index is 2.35. The van der Waals surface area contributed by atoms with Crippen LogP contribution in [0.1, 0.15) is 52.9 Å². The second-order valence-electron chi connectivity index (χ2n) is 5.08. The molecular formula is C14H24O2. The van der Waals surface area contributed by atoms with Crippen LogP contribution in [0.5, 0.6) is 0 Å². The van der Waals surface area contributed by atoms with Crippen LogP contribution in [0, 0.1) is 11.8 Å². The maximum absolute atomic E-state index is 11.4. The molecule has 16 heavy (non-hydrogen) atoms. The van der Waals surface area contributed by atoms with Crippen LogP contribution >= 0.6 is 0 Å². The molecule has 1 unspecified atom stereocenters. The first-order valence-electron chi connectivity index (χ1n) is 6.41. The Bertz CT molecular complexity index is 249. The van der Waals surface area contributed by atoms with E-state index in [1.54, 1.807) is 6.92 Å². The summed E-state index contributed by atoms with van der Waals surface area (Å²) in [5.41, 5.74) is 0.495. The first-order chi connectivity index (χ1) is 7.54. The largest absolute Gasteiger partial charge is 0.459 e. The predicted octanol–water partition coefficient (Wildman–Crippen LogP) is 3.71. The molecule has 1 saturated carbocycles. The highest BCUT2D eigenvalue weighted by molar-refractivity contribution is 5.87. The fourth-order valence-electron chi connectivity index (χ4n) is 2.43. The number of carbonyl (C=O) groups is 1. The van der Waals surface area contributed by atoms with Crippen molar-refractivity contribution < 1.29 is 9.53 Å². The zero-order valence-electron chi connectivity index (χ0n) is 10.8. The van der Waals surface area contributed by atoms with Gasteiger partial charge in [0.05, 0.1) is 0 Å². The minimum absolute atomic E-state index is 0.0435. The first-order valence-corrected chi connectivity index (χ1v) is 6.41. The lowest BCUT2D eigenvalue weighted by molar-refractivity contribution is -0.146. The Kier molecular flexibility index (Phi) is 5.04. The Hall–Kier alpha value is -0.790. The number of esters is 1. The summed E-state index contributed by atoms with van der Waals surface area (Å²) >= 11 is 0. The lowest BCUT2D eigenvalue weighted by Gasteiger charge is -2.31. The number of hydrogen-bond acceptors (Lipinski definition) is 2. The summed E-state index contributed by atoms with van der Waals surface area (Å²) in [5.74, 6) is 1.19. The molecule has 1 atom stereocenters. The SMILES string of the molecule is C=C(C)C(=O)OC(C)C1CCC(CC)CC1. The van der Waals surface area contributed by atoms with Crippen molar-refractivity contribution >= 4 is 5.97 Å². The van der Waals surface area contributed by atoms with Gasteiger partial charge < -0.3 is 4.74 Å². The van der Waals surface area contributed by atoms with E-state index in [1.807, 2.05) is 6.92 Å². The molecule has 1 rings (SSSR count). The van der Waals surface area contributed by atoms with Gasteiger partial charge in [-0.3, -0.25) is 0 Å². The monoisotopic (exact) mass is 224 g/mol. The number of rotatable bonds is 4. The van der Waals surface area contributed by atoms with E-state index in [-0.39, 0.29) is 12.1 Å². The highest BCUT2D eigenvalue weighted by Gasteiger charge is 2.26. The van der Waals surface area contributed by atoms with Crippen molar-refractivity contribution in [2.24, 2.45) is 11.8 Å². The molecule has 1 aliphatic carbocycles. The molecule has 0 aromatic carbocycles. The molecule has 0 aromatic rings. The van der Waals surface area contributed by atoms with Crippen LogP contribution < -0.4 is 0 Å². The standard InChI is InChI=1S/C14H24O2/c1-5-12-6-8-13(9-7-12)11(4)16-14(15)10(2)3/h11-13H,2,5-9H2,1,3-4H3.